The summed E-state index contributed by atoms with van der Waals surface area (Å²) in [5.74, 6) is -0.410. The second-order valence-corrected chi connectivity index (χ2v) is 8.69. The Morgan fingerprint density at radius 3 is 2.56 bits per heavy atom. The van der Waals surface area contributed by atoms with Gasteiger partial charge in [0.1, 0.15) is 5.60 Å². The van der Waals surface area contributed by atoms with Crippen LogP contribution in [0.3, 0.4) is 0 Å². The minimum atomic E-state index is -0.912. The van der Waals surface area contributed by atoms with Crippen LogP contribution in [0.4, 0.5) is 4.79 Å². The SMILES string of the molecule is CC(C)C[C@H]1CN(C(=O)OC(C)(C)C)CCN1Cc1cccc(C(=O)O)c1. The van der Waals surface area contributed by atoms with Gasteiger partial charge in [0, 0.05) is 32.2 Å². The molecule has 0 bridgehead atoms. The van der Waals surface area contributed by atoms with Crippen molar-refractivity contribution in [3.63, 3.8) is 0 Å². The number of hydrogen-bond donors (Lipinski definition) is 1. The number of aromatic carboxylic acids is 1. The summed E-state index contributed by atoms with van der Waals surface area (Å²) in [6.45, 7) is 12.7. The van der Waals surface area contributed by atoms with E-state index in [1.165, 1.54) is 0 Å². The topological polar surface area (TPSA) is 70.1 Å². The molecule has 0 aliphatic carbocycles. The number of carboxylic acid groups (broad SMARTS) is 1. The maximum Gasteiger partial charge on any atom is 0.410 e. The molecule has 1 amide bonds. The number of nitrogens with zero attached hydrogens (tertiary/aromatic N) is 2. The molecule has 0 aromatic heterocycles. The van der Waals surface area contributed by atoms with Crippen molar-refractivity contribution in [1.82, 2.24) is 9.80 Å². The van der Waals surface area contributed by atoms with E-state index in [-0.39, 0.29) is 12.1 Å². The number of carbonyl (C=O) groups excluding carboxylic acids is 1. The molecule has 2 rings (SSSR count). The summed E-state index contributed by atoms with van der Waals surface area (Å²) in [6, 6.07) is 7.30. The fourth-order valence-electron chi connectivity index (χ4n) is 3.40. The standard InChI is InChI=1S/C21H32N2O4/c1-15(2)11-18-14-23(20(26)27-21(3,4)5)10-9-22(18)13-16-7-6-8-17(12-16)19(24)25/h6-8,12,15,18H,9-11,13-14H2,1-5H3,(H,24,25)/t18-/m0/s1. The predicted octanol–water partition coefficient (Wildman–Crippen LogP) is 3.85. The summed E-state index contributed by atoms with van der Waals surface area (Å²) in [7, 11) is 0. The first kappa shape index (κ1) is 21.2. The molecule has 0 spiro atoms. The molecule has 0 unspecified atom stereocenters. The zero-order chi connectivity index (χ0) is 20.2. The van der Waals surface area contributed by atoms with E-state index in [1.54, 1.807) is 23.1 Å². The number of hydrogen-bond acceptors (Lipinski definition) is 4. The third-order valence-electron chi connectivity index (χ3n) is 4.56. The van der Waals surface area contributed by atoms with E-state index >= 15 is 0 Å². The van der Waals surface area contributed by atoms with E-state index in [2.05, 4.69) is 18.7 Å². The van der Waals surface area contributed by atoms with E-state index in [1.807, 2.05) is 26.8 Å². The summed E-state index contributed by atoms with van der Waals surface area (Å²) in [5, 5.41) is 9.20. The van der Waals surface area contributed by atoms with E-state index in [0.29, 0.717) is 31.1 Å². The van der Waals surface area contributed by atoms with Crippen molar-refractivity contribution in [2.45, 2.75) is 59.2 Å². The van der Waals surface area contributed by atoms with E-state index in [9.17, 15) is 14.7 Å². The van der Waals surface area contributed by atoms with Crippen LogP contribution in [0.2, 0.25) is 0 Å². The lowest BCUT2D eigenvalue weighted by atomic mass is 9.99. The van der Waals surface area contributed by atoms with E-state index < -0.39 is 11.6 Å². The lowest BCUT2D eigenvalue weighted by Gasteiger charge is -2.42. The quantitative estimate of drug-likeness (QED) is 0.845. The van der Waals surface area contributed by atoms with Gasteiger partial charge in [-0.15, -0.1) is 0 Å². The minimum Gasteiger partial charge on any atom is -0.478 e. The van der Waals surface area contributed by atoms with Crippen LogP contribution in [0.1, 0.15) is 57.0 Å². The number of benzene rings is 1. The molecule has 150 valence electrons. The second-order valence-electron chi connectivity index (χ2n) is 8.69. The molecule has 1 aromatic carbocycles. The van der Waals surface area contributed by atoms with Crippen LogP contribution in [0, 0.1) is 5.92 Å². The first-order valence-corrected chi connectivity index (χ1v) is 9.59. The molecular weight excluding hydrogens is 344 g/mol. The zero-order valence-electron chi connectivity index (χ0n) is 17.1. The molecule has 27 heavy (non-hydrogen) atoms. The molecule has 1 saturated heterocycles. The summed E-state index contributed by atoms with van der Waals surface area (Å²) in [5.41, 5.74) is 0.786. The van der Waals surface area contributed by atoms with Gasteiger partial charge in [-0.3, -0.25) is 4.90 Å². The van der Waals surface area contributed by atoms with Crippen LogP contribution in [0.15, 0.2) is 24.3 Å². The Bertz CT molecular complexity index is 666. The van der Waals surface area contributed by atoms with Gasteiger partial charge >= 0.3 is 12.1 Å². The lowest BCUT2D eigenvalue weighted by molar-refractivity contribution is -0.000369. The normalized spacial score (nSPS) is 18.6. The molecule has 1 aliphatic heterocycles. The Kier molecular flexibility index (Phi) is 6.87. The highest BCUT2D eigenvalue weighted by Gasteiger charge is 2.32. The van der Waals surface area contributed by atoms with Crippen LogP contribution in [-0.4, -0.2) is 58.2 Å². The van der Waals surface area contributed by atoms with Crippen LogP contribution in [-0.2, 0) is 11.3 Å². The fourth-order valence-corrected chi connectivity index (χ4v) is 3.40. The Morgan fingerprint density at radius 2 is 1.96 bits per heavy atom. The fraction of sp³-hybridized carbons (Fsp3) is 0.619. The first-order valence-electron chi connectivity index (χ1n) is 9.59. The summed E-state index contributed by atoms with van der Waals surface area (Å²) in [4.78, 5) is 27.8. The number of ether oxygens (including phenoxy) is 1. The monoisotopic (exact) mass is 376 g/mol. The maximum absolute atomic E-state index is 12.4. The van der Waals surface area contributed by atoms with Gasteiger partial charge in [0.25, 0.3) is 0 Å². The molecule has 0 radical (unpaired) electrons. The van der Waals surface area contributed by atoms with Crippen LogP contribution < -0.4 is 0 Å². The molecule has 1 N–H and O–H groups in total. The average molecular weight is 376 g/mol. The third kappa shape index (κ3) is 6.54. The van der Waals surface area contributed by atoms with Crippen molar-refractivity contribution in [1.29, 1.82) is 0 Å². The van der Waals surface area contributed by atoms with Crippen molar-refractivity contribution in [2.75, 3.05) is 19.6 Å². The molecule has 6 heteroatoms. The molecule has 1 fully saturated rings. The predicted molar refractivity (Wildman–Crippen MR) is 105 cm³/mol. The largest absolute Gasteiger partial charge is 0.478 e. The van der Waals surface area contributed by atoms with Crippen LogP contribution >= 0.6 is 0 Å². The van der Waals surface area contributed by atoms with Gasteiger partial charge in [-0.2, -0.15) is 0 Å². The van der Waals surface area contributed by atoms with Crippen molar-refractivity contribution in [2.24, 2.45) is 5.92 Å². The molecule has 1 atom stereocenters. The van der Waals surface area contributed by atoms with Gasteiger partial charge in [-0.25, -0.2) is 9.59 Å². The van der Waals surface area contributed by atoms with Gasteiger partial charge in [0.15, 0.2) is 0 Å². The molecular formula is C21H32N2O4. The van der Waals surface area contributed by atoms with Crippen LogP contribution in [0.25, 0.3) is 0 Å². The minimum absolute atomic E-state index is 0.222. The molecule has 6 nitrogen and oxygen atoms in total. The van der Waals surface area contributed by atoms with Gasteiger partial charge in [0.2, 0.25) is 0 Å². The smallest absolute Gasteiger partial charge is 0.410 e. The van der Waals surface area contributed by atoms with Crippen molar-refractivity contribution >= 4 is 12.1 Å². The molecule has 1 heterocycles. The average Bonchev–Trinajstić information content (AvgIpc) is 2.54. The van der Waals surface area contributed by atoms with E-state index in [0.717, 1.165) is 18.5 Å². The number of piperazine rings is 1. The highest BCUT2D eigenvalue weighted by molar-refractivity contribution is 5.87. The summed E-state index contributed by atoms with van der Waals surface area (Å²) >= 11 is 0. The van der Waals surface area contributed by atoms with Crippen molar-refractivity contribution in [3.05, 3.63) is 35.4 Å². The number of carbonyl (C=O) groups is 2. The maximum atomic E-state index is 12.4. The highest BCUT2D eigenvalue weighted by atomic mass is 16.6. The number of amides is 1. The third-order valence-corrected chi connectivity index (χ3v) is 4.56. The van der Waals surface area contributed by atoms with E-state index in [4.69, 9.17) is 4.74 Å². The highest BCUT2D eigenvalue weighted by Crippen LogP contribution is 2.22. The Hall–Kier alpha value is -2.08. The lowest BCUT2D eigenvalue weighted by Crippen LogP contribution is -2.55. The molecule has 1 aliphatic rings. The first-order chi connectivity index (χ1) is 12.5. The second kappa shape index (κ2) is 8.74. The summed E-state index contributed by atoms with van der Waals surface area (Å²) < 4.78 is 5.53. The van der Waals surface area contributed by atoms with Crippen molar-refractivity contribution < 1.29 is 19.4 Å². The number of rotatable bonds is 5. The van der Waals surface area contributed by atoms with Gasteiger partial charge in [0.05, 0.1) is 5.56 Å². The number of carboxylic acids is 1. The zero-order valence-corrected chi connectivity index (χ0v) is 17.1. The van der Waals surface area contributed by atoms with Gasteiger partial charge in [-0.05, 0) is 50.8 Å². The Morgan fingerprint density at radius 1 is 1.26 bits per heavy atom. The van der Waals surface area contributed by atoms with Crippen LogP contribution in [0.5, 0.6) is 0 Å². The Balaban J connectivity index is 2.09. The van der Waals surface area contributed by atoms with Gasteiger partial charge < -0.3 is 14.7 Å². The molecule has 0 saturated carbocycles. The van der Waals surface area contributed by atoms with Gasteiger partial charge in [-0.1, -0.05) is 26.0 Å². The Labute approximate surface area is 162 Å². The van der Waals surface area contributed by atoms with Crippen molar-refractivity contribution in [3.8, 4) is 0 Å². The summed E-state index contributed by atoms with van der Waals surface area (Å²) in [6.07, 6.45) is 0.710. The molecule has 1 aromatic rings.